The lowest BCUT2D eigenvalue weighted by atomic mass is 9.82. The molecular weight excluding hydrogens is 340 g/mol. The zero-order valence-corrected chi connectivity index (χ0v) is 14.4. The number of ether oxygens (including phenoxy) is 2. The van der Waals surface area contributed by atoms with Gasteiger partial charge in [0.15, 0.2) is 11.6 Å². The lowest BCUT2D eigenvalue weighted by Gasteiger charge is -2.23. The molecule has 1 heterocycles. The minimum absolute atomic E-state index is 0.197. The Bertz CT molecular complexity index is 1050. The third-order valence-corrected chi connectivity index (χ3v) is 5.48. The Labute approximate surface area is 147 Å². The molecule has 0 unspecified atom stereocenters. The Balaban J connectivity index is 2.20. The van der Waals surface area contributed by atoms with Gasteiger partial charge < -0.3 is 14.6 Å². The molecule has 1 aliphatic carbocycles. The van der Waals surface area contributed by atoms with Crippen molar-refractivity contribution < 1.29 is 24.2 Å². The van der Waals surface area contributed by atoms with Crippen LogP contribution in [0.2, 0.25) is 0 Å². The van der Waals surface area contributed by atoms with Crippen LogP contribution in [0.5, 0.6) is 11.5 Å². The van der Waals surface area contributed by atoms with Crippen LogP contribution >= 0.6 is 11.3 Å². The zero-order chi connectivity index (χ0) is 17.7. The van der Waals surface area contributed by atoms with Gasteiger partial charge in [0, 0.05) is 16.5 Å². The molecule has 1 aliphatic rings. The average Bonchev–Trinajstić information content (AvgIpc) is 3.07. The van der Waals surface area contributed by atoms with Gasteiger partial charge in [-0.1, -0.05) is 24.3 Å². The number of hydrogen-bond donors (Lipinski definition) is 1. The highest BCUT2D eigenvalue weighted by Gasteiger charge is 2.37. The van der Waals surface area contributed by atoms with E-state index in [1.807, 2.05) is 0 Å². The predicted molar refractivity (Wildman–Crippen MR) is 94.2 cm³/mol. The topological polar surface area (TPSA) is 72.8 Å². The largest absolute Gasteiger partial charge is 0.495 e. The summed E-state index contributed by atoms with van der Waals surface area (Å²) >= 11 is 1.35. The molecule has 0 atom stereocenters. The fourth-order valence-corrected chi connectivity index (χ4v) is 4.46. The van der Waals surface area contributed by atoms with E-state index in [-0.39, 0.29) is 29.3 Å². The minimum Gasteiger partial charge on any atom is -0.495 e. The van der Waals surface area contributed by atoms with Crippen LogP contribution in [-0.2, 0) is 6.61 Å². The van der Waals surface area contributed by atoms with Gasteiger partial charge in [0.05, 0.1) is 36.7 Å². The average molecular weight is 354 g/mol. The molecule has 0 aliphatic heterocycles. The van der Waals surface area contributed by atoms with Crippen LogP contribution in [0.4, 0.5) is 0 Å². The molecule has 0 fully saturated rings. The molecule has 1 N–H and O–H groups in total. The molecule has 4 rings (SSSR count). The third-order valence-electron chi connectivity index (χ3n) is 4.45. The van der Waals surface area contributed by atoms with Crippen molar-refractivity contribution in [1.82, 2.24) is 0 Å². The summed E-state index contributed by atoms with van der Waals surface area (Å²) in [5, 5.41) is 12.0. The van der Waals surface area contributed by atoms with Crippen molar-refractivity contribution in [3.05, 3.63) is 57.5 Å². The predicted octanol–water partition coefficient (Wildman–Crippen LogP) is 3.19. The molecule has 0 saturated carbocycles. The number of fused-ring (bicyclic) bond motifs is 3. The summed E-state index contributed by atoms with van der Waals surface area (Å²) in [6, 6.07) is 6.73. The second-order valence-corrected chi connectivity index (χ2v) is 6.52. The quantitative estimate of drug-likeness (QED) is 0.612. The van der Waals surface area contributed by atoms with Crippen LogP contribution in [0.3, 0.4) is 0 Å². The molecule has 0 bridgehead atoms. The van der Waals surface area contributed by atoms with Gasteiger partial charge in [0.25, 0.3) is 0 Å². The van der Waals surface area contributed by atoms with E-state index in [2.05, 4.69) is 0 Å². The van der Waals surface area contributed by atoms with E-state index in [4.69, 9.17) is 9.47 Å². The fourth-order valence-electron chi connectivity index (χ4n) is 3.37. The normalized spacial score (nSPS) is 12.9. The molecule has 1 aromatic heterocycles. The van der Waals surface area contributed by atoms with E-state index in [1.165, 1.54) is 25.6 Å². The van der Waals surface area contributed by atoms with Crippen LogP contribution in [-0.4, -0.2) is 30.9 Å². The molecule has 5 nitrogen and oxygen atoms in total. The summed E-state index contributed by atoms with van der Waals surface area (Å²) in [5.41, 5.74) is 1.77. The smallest absolute Gasteiger partial charge is 0.198 e. The Morgan fingerprint density at radius 2 is 1.52 bits per heavy atom. The van der Waals surface area contributed by atoms with Gasteiger partial charge in [-0.15, -0.1) is 11.3 Å². The molecular formula is C19H14O5S. The number of aliphatic hydroxyl groups is 1. The number of thiophene rings is 1. The second kappa shape index (κ2) is 5.68. The van der Waals surface area contributed by atoms with Crippen molar-refractivity contribution in [2.75, 3.05) is 14.2 Å². The van der Waals surface area contributed by atoms with Gasteiger partial charge >= 0.3 is 0 Å². The molecule has 6 heteroatoms. The molecule has 3 aromatic rings. The Hall–Kier alpha value is -2.70. The van der Waals surface area contributed by atoms with Gasteiger partial charge in [0.1, 0.15) is 11.5 Å². The number of methoxy groups -OCH3 is 2. The van der Waals surface area contributed by atoms with E-state index in [1.54, 1.807) is 29.6 Å². The third kappa shape index (κ3) is 1.98. The molecule has 0 amide bonds. The van der Waals surface area contributed by atoms with Gasteiger partial charge in [-0.3, -0.25) is 9.59 Å². The number of benzene rings is 2. The minimum atomic E-state index is -0.280. The maximum atomic E-state index is 13.1. The second-order valence-electron chi connectivity index (χ2n) is 5.64. The van der Waals surface area contributed by atoms with Crippen molar-refractivity contribution >= 4 is 33.0 Å². The SMILES string of the molecule is COc1c2c(c(OC)c3c(CO)csc13)C(=O)c1ccccc1C2=O. The van der Waals surface area contributed by atoms with Crippen molar-refractivity contribution in [3.63, 3.8) is 0 Å². The molecule has 0 saturated heterocycles. The van der Waals surface area contributed by atoms with Crippen LogP contribution in [0, 0.1) is 0 Å². The lowest BCUT2D eigenvalue weighted by molar-refractivity contribution is 0.0974. The van der Waals surface area contributed by atoms with Crippen molar-refractivity contribution in [3.8, 4) is 11.5 Å². The number of carbonyl (C=O) groups is 2. The van der Waals surface area contributed by atoms with Crippen LogP contribution < -0.4 is 9.47 Å². The Morgan fingerprint density at radius 1 is 0.960 bits per heavy atom. The number of hydrogen-bond acceptors (Lipinski definition) is 6. The molecule has 0 spiro atoms. The van der Waals surface area contributed by atoms with E-state index < -0.39 is 0 Å². The van der Waals surface area contributed by atoms with Crippen molar-refractivity contribution in [1.29, 1.82) is 0 Å². The molecule has 0 radical (unpaired) electrons. The van der Waals surface area contributed by atoms with E-state index in [0.29, 0.717) is 38.3 Å². The monoisotopic (exact) mass is 354 g/mol. The number of ketones is 2. The first-order valence-electron chi connectivity index (χ1n) is 7.61. The number of carbonyl (C=O) groups excluding carboxylic acids is 2. The summed E-state index contributed by atoms with van der Waals surface area (Å²) < 4.78 is 11.7. The summed E-state index contributed by atoms with van der Waals surface area (Å²) in [6.07, 6.45) is 0. The first-order valence-corrected chi connectivity index (χ1v) is 8.49. The van der Waals surface area contributed by atoms with Gasteiger partial charge in [-0.2, -0.15) is 0 Å². The maximum Gasteiger partial charge on any atom is 0.198 e. The van der Waals surface area contributed by atoms with Gasteiger partial charge in [-0.25, -0.2) is 0 Å². The van der Waals surface area contributed by atoms with Crippen LogP contribution in [0.15, 0.2) is 29.6 Å². The summed E-state index contributed by atoms with van der Waals surface area (Å²) in [6.45, 7) is -0.197. The number of rotatable bonds is 3. The zero-order valence-electron chi connectivity index (χ0n) is 13.6. The highest BCUT2D eigenvalue weighted by Crippen LogP contribution is 2.48. The van der Waals surface area contributed by atoms with E-state index in [0.717, 1.165) is 0 Å². The maximum absolute atomic E-state index is 13.1. The molecule has 2 aromatic carbocycles. The highest BCUT2D eigenvalue weighted by molar-refractivity contribution is 7.18. The Kier molecular flexibility index (Phi) is 3.59. The van der Waals surface area contributed by atoms with E-state index >= 15 is 0 Å². The number of aliphatic hydroxyl groups excluding tert-OH is 1. The van der Waals surface area contributed by atoms with Crippen LogP contribution in [0.25, 0.3) is 10.1 Å². The van der Waals surface area contributed by atoms with Crippen molar-refractivity contribution in [2.24, 2.45) is 0 Å². The highest BCUT2D eigenvalue weighted by atomic mass is 32.1. The van der Waals surface area contributed by atoms with Gasteiger partial charge in [0.2, 0.25) is 0 Å². The summed E-state index contributed by atoms with van der Waals surface area (Å²) in [4.78, 5) is 26.2. The van der Waals surface area contributed by atoms with Gasteiger partial charge in [-0.05, 0) is 10.9 Å². The summed E-state index contributed by atoms with van der Waals surface area (Å²) in [5.74, 6) is 0.117. The Morgan fingerprint density at radius 3 is 2.04 bits per heavy atom. The molecule has 126 valence electrons. The summed E-state index contributed by atoms with van der Waals surface area (Å²) in [7, 11) is 2.93. The first-order chi connectivity index (χ1) is 12.1. The fraction of sp³-hybridized carbons (Fsp3) is 0.158. The molecule has 25 heavy (non-hydrogen) atoms. The van der Waals surface area contributed by atoms with Crippen molar-refractivity contribution in [2.45, 2.75) is 6.61 Å². The van der Waals surface area contributed by atoms with E-state index in [9.17, 15) is 14.7 Å². The standard InChI is InChI=1S/C19H14O5S/c1-23-17-12-9(7-20)8-25-19(12)18(24-2)14-13(17)15(21)10-5-3-4-6-11(10)16(14)22/h3-6,8,20H,7H2,1-2H3. The van der Waals surface area contributed by atoms with Crippen LogP contribution in [0.1, 0.15) is 37.4 Å². The first kappa shape index (κ1) is 15.8. The lowest BCUT2D eigenvalue weighted by Crippen LogP contribution is -2.22.